The summed E-state index contributed by atoms with van der Waals surface area (Å²) in [5.41, 5.74) is 7.43. The fraction of sp³-hybridized carbons (Fsp3) is 0.190. The molecule has 1 aliphatic rings. The van der Waals surface area contributed by atoms with E-state index in [1.54, 1.807) is 31.2 Å². The molecule has 0 radical (unpaired) electrons. The zero-order valence-electron chi connectivity index (χ0n) is 15.8. The zero-order chi connectivity index (χ0) is 21.3. The van der Waals surface area contributed by atoms with E-state index in [0.717, 1.165) is 0 Å². The normalized spacial score (nSPS) is 13.9. The number of aromatic nitrogens is 1. The molecular weight excluding hydrogens is 416 g/mol. The topological polar surface area (TPSA) is 76.3 Å². The van der Waals surface area contributed by atoms with Crippen molar-refractivity contribution in [2.24, 2.45) is 5.73 Å². The number of likely N-dealkylation sites (N-methyl/N-ethyl adjacent to an activating group) is 1. The Balaban J connectivity index is 1.96. The molecule has 0 fully saturated rings. The molecule has 2 N–H and O–H groups in total. The van der Waals surface area contributed by atoms with E-state index in [2.05, 4.69) is 4.98 Å². The van der Waals surface area contributed by atoms with Crippen molar-refractivity contribution in [2.45, 2.75) is 19.8 Å². The molecule has 1 aliphatic carbocycles. The highest BCUT2D eigenvalue weighted by molar-refractivity contribution is 6.34. The molecule has 0 unspecified atom stereocenters. The standard InChI is InChI=1S/C21H18Cl2FN3O2/c1-11-8-13(14-9-12(19(25)28)6-7-15(14)22)10-26-20(11)27(2)21(29)18-16(23)4-3-5-17(18)24/h5-10H,3-4H2,1-2H3,(H2,25,28). The van der Waals surface area contributed by atoms with Gasteiger partial charge in [0.1, 0.15) is 11.6 Å². The van der Waals surface area contributed by atoms with Gasteiger partial charge in [0.2, 0.25) is 5.91 Å². The molecule has 0 spiro atoms. The largest absolute Gasteiger partial charge is 0.366 e. The quantitative estimate of drug-likeness (QED) is 0.743. The first-order valence-electron chi connectivity index (χ1n) is 8.79. The number of anilines is 1. The van der Waals surface area contributed by atoms with Crippen molar-refractivity contribution in [1.29, 1.82) is 0 Å². The number of amides is 2. The van der Waals surface area contributed by atoms with E-state index in [9.17, 15) is 14.0 Å². The van der Waals surface area contributed by atoms with E-state index in [0.29, 0.717) is 45.9 Å². The number of carbonyl (C=O) groups excluding carboxylic acids is 2. The molecule has 2 aromatic rings. The molecule has 0 saturated carbocycles. The minimum absolute atomic E-state index is 0.136. The molecule has 0 aliphatic heterocycles. The van der Waals surface area contributed by atoms with Gasteiger partial charge in [-0.3, -0.25) is 14.5 Å². The number of aryl methyl sites for hydroxylation is 1. The maximum Gasteiger partial charge on any atom is 0.263 e. The third-order valence-electron chi connectivity index (χ3n) is 4.65. The van der Waals surface area contributed by atoms with Crippen LogP contribution in [0.25, 0.3) is 11.1 Å². The van der Waals surface area contributed by atoms with Gasteiger partial charge in [0, 0.05) is 40.0 Å². The van der Waals surface area contributed by atoms with Crippen LogP contribution in [0, 0.1) is 6.92 Å². The molecular formula is C21H18Cl2FN3O2. The number of carbonyl (C=O) groups is 2. The second-order valence-corrected chi connectivity index (χ2v) is 7.52. The summed E-state index contributed by atoms with van der Waals surface area (Å²) in [6.45, 7) is 1.77. The summed E-state index contributed by atoms with van der Waals surface area (Å²) >= 11 is 12.3. The number of nitrogens with zero attached hydrogens (tertiary/aromatic N) is 2. The minimum Gasteiger partial charge on any atom is -0.366 e. The predicted octanol–water partition coefficient (Wildman–Crippen LogP) is 4.91. The molecule has 0 bridgehead atoms. The number of pyridine rings is 1. The molecule has 150 valence electrons. The average Bonchev–Trinajstić information content (AvgIpc) is 2.67. The van der Waals surface area contributed by atoms with Crippen molar-refractivity contribution in [3.63, 3.8) is 0 Å². The lowest BCUT2D eigenvalue weighted by Gasteiger charge is -2.22. The SMILES string of the molecule is Cc1cc(-c2cc(C(N)=O)ccc2Cl)cnc1N(C)C(=O)C1=C(Cl)CCC=C1F. The Bertz CT molecular complexity index is 1080. The van der Waals surface area contributed by atoms with Gasteiger partial charge in [-0.1, -0.05) is 23.2 Å². The monoisotopic (exact) mass is 433 g/mol. The molecule has 1 aromatic carbocycles. The number of allylic oxidation sites excluding steroid dienone is 2. The highest BCUT2D eigenvalue weighted by Crippen LogP contribution is 2.33. The number of rotatable bonds is 4. The van der Waals surface area contributed by atoms with Gasteiger partial charge in [0.05, 0.1) is 5.57 Å². The summed E-state index contributed by atoms with van der Waals surface area (Å²) in [7, 11) is 1.51. The van der Waals surface area contributed by atoms with Crippen LogP contribution >= 0.6 is 23.2 Å². The van der Waals surface area contributed by atoms with Gasteiger partial charge in [-0.25, -0.2) is 9.37 Å². The van der Waals surface area contributed by atoms with Crippen LogP contribution < -0.4 is 10.6 Å². The summed E-state index contributed by atoms with van der Waals surface area (Å²) in [5.74, 6) is -1.40. The second-order valence-electron chi connectivity index (χ2n) is 6.66. The number of benzene rings is 1. The first-order chi connectivity index (χ1) is 13.7. The summed E-state index contributed by atoms with van der Waals surface area (Å²) < 4.78 is 14.2. The highest BCUT2D eigenvalue weighted by atomic mass is 35.5. The first kappa shape index (κ1) is 21.0. The van der Waals surface area contributed by atoms with E-state index in [1.165, 1.54) is 24.2 Å². The maximum absolute atomic E-state index is 14.2. The Morgan fingerprint density at radius 2 is 1.97 bits per heavy atom. The summed E-state index contributed by atoms with van der Waals surface area (Å²) in [6, 6.07) is 6.49. The first-order valence-corrected chi connectivity index (χ1v) is 9.55. The lowest BCUT2D eigenvalue weighted by Crippen LogP contribution is -2.30. The van der Waals surface area contributed by atoms with Gasteiger partial charge in [-0.05, 0) is 55.7 Å². The molecule has 3 rings (SSSR count). The van der Waals surface area contributed by atoms with Crippen LogP contribution in [0.2, 0.25) is 5.02 Å². The molecule has 0 atom stereocenters. The van der Waals surface area contributed by atoms with Gasteiger partial charge in [0.15, 0.2) is 0 Å². The van der Waals surface area contributed by atoms with Crippen molar-refractivity contribution < 1.29 is 14.0 Å². The Hall–Kier alpha value is -2.70. The number of halogens is 3. The van der Waals surface area contributed by atoms with Crippen LogP contribution in [0.4, 0.5) is 10.2 Å². The maximum atomic E-state index is 14.2. The Kier molecular flexibility index (Phi) is 6.05. The van der Waals surface area contributed by atoms with Crippen LogP contribution in [-0.2, 0) is 4.79 Å². The average molecular weight is 434 g/mol. The lowest BCUT2D eigenvalue weighted by atomic mass is 10.0. The van der Waals surface area contributed by atoms with Crippen molar-refractivity contribution in [1.82, 2.24) is 4.98 Å². The van der Waals surface area contributed by atoms with Gasteiger partial charge in [-0.2, -0.15) is 0 Å². The highest BCUT2D eigenvalue weighted by Gasteiger charge is 2.27. The number of primary amides is 1. The third-order valence-corrected chi connectivity index (χ3v) is 5.35. The molecule has 8 heteroatoms. The van der Waals surface area contributed by atoms with E-state index >= 15 is 0 Å². The third kappa shape index (κ3) is 4.18. The van der Waals surface area contributed by atoms with Gasteiger partial charge < -0.3 is 5.73 Å². The van der Waals surface area contributed by atoms with Crippen molar-refractivity contribution in [2.75, 3.05) is 11.9 Å². The smallest absolute Gasteiger partial charge is 0.263 e. The number of hydrogen-bond acceptors (Lipinski definition) is 3. The van der Waals surface area contributed by atoms with Crippen LogP contribution in [-0.4, -0.2) is 23.8 Å². The number of hydrogen-bond donors (Lipinski definition) is 1. The van der Waals surface area contributed by atoms with Gasteiger partial charge >= 0.3 is 0 Å². The summed E-state index contributed by atoms with van der Waals surface area (Å²) in [5, 5.41) is 0.630. The fourth-order valence-electron chi connectivity index (χ4n) is 3.13. The Labute approximate surface area is 177 Å². The number of nitrogens with two attached hydrogens (primary N) is 1. The predicted molar refractivity (Wildman–Crippen MR) is 113 cm³/mol. The van der Waals surface area contributed by atoms with Crippen LogP contribution in [0.15, 0.2) is 53.0 Å². The summed E-state index contributed by atoms with van der Waals surface area (Å²) in [4.78, 5) is 29.9. The van der Waals surface area contributed by atoms with Crippen molar-refractivity contribution in [3.8, 4) is 11.1 Å². The van der Waals surface area contributed by atoms with Crippen LogP contribution in [0.5, 0.6) is 0 Å². The second kappa shape index (κ2) is 8.35. The molecule has 1 aromatic heterocycles. The lowest BCUT2D eigenvalue weighted by molar-refractivity contribution is -0.114. The van der Waals surface area contributed by atoms with Gasteiger partial charge in [-0.15, -0.1) is 0 Å². The van der Waals surface area contributed by atoms with Crippen molar-refractivity contribution >= 4 is 40.8 Å². The van der Waals surface area contributed by atoms with Crippen LogP contribution in [0.1, 0.15) is 28.8 Å². The minimum atomic E-state index is -0.623. The molecule has 5 nitrogen and oxygen atoms in total. The molecule has 2 amide bonds. The Morgan fingerprint density at radius 3 is 2.59 bits per heavy atom. The van der Waals surface area contributed by atoms with Crippen LogP contribution in [0.3, 0.4) is 0 Å². The molecule has 29 heavy (non-hydrogen) atoms. The van der Waals surface area contributed by atoms with E-state index in [4.69, 9.17) is 28.9 Å². The fourth-order valence-corrected chi connectivity index (χ4v) is 3.64. The molecule has 0 saturated heterocycles. The van der Waals surface area contributed by atoms with Gasteiger partial charge in [0.25, 0.3) is 5.91 Å². The van der Waals surface area contributed by atoms with E-state index in [-0.39, 0.29) is 10.6 Å². The van der Waals surface area contributed by atoms with E-state index in [1.807, 2.05) is 0 Å². The van der Waals surface area contributed by atoms with E-state index < -0.39 is 17.6 Å². The summed E-state index contributed by atoms with van der Waals surface area (Å²) in [6.07, 6.45) is 3.76. The molecule has 1 heterocycles. The Morgan fingerprint density at radius 1 is 1.24 bits per heavy atom. The van der Waals surface area contributed by atoms with Crippen molar-refractivity contribution in [3.05, 3.63) is 69.1 Å². The zero-order valence-corrected chi connectivity index (χ0v) is 17.3.